The van der Waals surface area contributed by atoms with Crippen LogP contribution in [0, 0.1) is 5.82 Å². The molecule has 0 bridgehead atoms. The number of hydrogen-bond acceptors (Lipinski definition) is 4. The van der Waals surface area contributed by atoms with Crippen LogP contribution in [0.2, 0.25) is 0 Å². The highest BCUT2D eigenvalue weighted by molar-refractivity contribution is 5.83. The first-order valence-corrected chi connectivity index (χ1v) is 8.11. The lowest BCUT2D eigenvalue weighted by molar-refractivity contribution is 0.624. The molecule has 0 radical (unpaired) electrons. The Balaban J connectivity index is 1.80. The average Bonchev–Trinajstić information content (AvgIpc) is 2.84. The monoisotopic (exact) mass is 332 g/mol. The maximum atomic E-state index is 14.3. The highest BCUT2D eigenvalue weighted by Gasteiger charge is 2.16. The Labute approximate surface area is 145 Å². The summed E-state index contributed by atoms with van der Waals surface area (Å²) in [5, 5.41) is 11.4. The molecule has 0 aliphatic carbocycles. The van der Waals surface area contributed by atoms with Gasteiger partial charge in [-0.1, -0.05) is 36.4 Å². The van der Waals surface area contributed by atoms with Crippen LogP contribution in [-0.2, 0) is 6.54 Å². The van der Waals surface area contributed by atoms with E-state index in [9.17, 15) is 4.39 Å². The molecule has 1 aliphatic heterocycles. The van der Waals surface area contributed by atoms with Crippen molar-refractivity contribution in [1.82, 2.24) is 15.5 Å². The van der Waals surface area contributed by atoms with Crippen molar-refractivity contribution >= 4 is 11.4 Å². The fourth-order valence-electron chi connectivity index (χ4n) is 3.08. The Morgan fingerprint density at radius 2 is 1.84 bits per heavy atom. The van der Waals surface area contributed by atoms with E-state index < -0.39 is 0 Å². The van der Waals surface area contributed by atoms with Crippen molar-refractivity contribution in [2.45, 2.75) is 6.54 Å². The Morgan fingerprint density at radius 1 is 0.960 bits per heavy atom. The quantitative estimate of drug-likeness (QED) is 0.755. The predicted octanol–water partition coefficient (Wildman–Crippen LogP) is 3.40. The predicted molar refractivity (Wildman–Crippen MR) is 97.1 cm³/mol. The fourth-order valence-corrected chi connectivity index (χ4v) is 3.08. The second-order valence-corrected chi connectivity index (χ2v) is 5.94. The normalized spacial score (nSPS) is 13.7. The molecular formula is C20H17FN4. The van der Waals surface area contributed by atoms with Gasteiger partial charge in [-0.05, 0) is 41.0 Å². The zero-order chi connectivity index (χ0) is 17.2. The van der Waals surface area contributed by atoms with Gasteiger partial charge in [0.15, 0.2) is 0 Å². The molecule has 2 heterocycles. The summed E-state index contributed by atoms with van der Waals surface area (Å²) in [6.45, 7) is 1.40. The minimum atomic E-state index is -0.213. The molecule has 4 nitrogen and oxygen atoms in total. The van der Waals surface area contributed by atoms with Crippen LogP contribution in [0.5, 0.6) is 0 Å². The van der Waals surface area contributed by atoms with Crippen molar-refractivity contribution in [2.75, 3.05) is 12.3 Å². The summed E-state index contributed by atoms with van der Waals surface area (Å²) in [6, 6.07) is 16.5. The molecule has 124 valence electrons. The molecule has 1 aromatic heterocycles. The zero-order valence-corrected chi connectivity index (χ0v) is 13.5. The molecule has 5 heteroatoms. The lowest BCUT2D eigenvalue weighted by Gasteiger charge is -2.13. The first-order valence-electron chi connectivity index (χ1n) is 8.11. The van der Waals surface area contributed by atoms with Gasteiger partial charge in [0.1, 0.15) is 11.6 Å². The van der Waals surface area contributed by atoms with E-state index in [4.69, 9.17) is 5.73 Å². The summed E-state index contributed by atoms with van der Waals surface area (Å²) >= 11 is 0. The van der Waals surface area contributed by atoms with Crippen LogP contribution in [0.4, 0.5) is 10.2 Å². The summed E-state index contributed by atoms with van der Waals surface area (Å²) in [5.41, 5.74) is 11.0. The van der Waals surface area contributed by atoms with Gasteiger partial charge in [-0.15, -0.1) is 10.2 Å². The number of nitrogens with two attached hydrogens (primary N) is 1. The SMILES string of the molecule is Nc1ccc(-c2ccc3c(c2)CNCC=C3c2ccccc2F)nn1. The molecule has 0 fully saturated rings. The highest BCUT2D eigenvalue weighted by atomic mass is 19.1. The summed E-state index contributed by atoms with van der Waals surface area (Å²) in [7, 11) is 0. The summed E-state index contributed by atoms with van der Waals surface area (Å²) < 4.78 is 14.3. The molecule has 3 N–H and O–H groups in total. The minimum absolute atomic E-state index is 0.213. The second kappa shape index (κ2) is 6.45. The van der Waals surface area contributed by atoms with Crippen LogP contribution in [0.25, 0.3) is 16.8 Å². The van der Waals surface area contributed by atoms with E-state index in [-0.39, 0.29) is 5.82 Å². The number of anilines is 1. The number of nitrogens with one attached hydrogen (secondary N) is 1. The molecule has 0 unspecified atom stereocenters. The molecule has 0 amide bonds. The van der Waals surface area contributed by atoms with Crippen molar-refractivity contribution in [2.24, 2.45) is 0 Å². The molecule has 1 aliphatic rings. The number of halogens is 1. The molecule has 0 spiro atoms. The number of aromatic nitrogens is 2. The average molecular weight is 332 g/mol. The van der Waals surface area contributed by atoms with Crippen molar-refractivity contribution in [3.8, 4) is 11.3 Å². The van der Waals surface area contributed by atoms with Gasteiger partial charge in [-0.2, -0.15) is 0 Å². The summed E-state index contributed by atoms with van der Waals surface area (Å²) in [6.07, 6.45) is 2.03. The third kappa shape index (κ3) is 3.02. The van der Waals surface area contributed by atoms with Gasteiger partial charge in [0.2, 0.25) is 0 Å². The zero-order valence-electron chi connectivity index (χ0n) is 13.5. The van der Waals surface area contributed by atoms with E-state index in [1.807, 2.05) is 36.4 Å². The third-order valence-electron chi connectivity index (χ3n) is 4.31. The number of rotatable bonds is 2. The van der Waals surface area contributed by atoms with Gasteiger partial charge in [0, 0.05) is 24.2 Å². The molecule has 4 rings (SSSR count). The molecule has 0 atom stereocenters. The minimum Gasteiger partial charge on any atom is -0.382 e. The number of fused-ring (bicyclic) bond motifs is 1. The topological polar surface area (TPSA) is 63.8 Å². The largest absolute Gasteiger partial charge is 0.382 e. The standard InChI is InChI=1S/C20H17FN4/c21-18-4-2-1-3-17(18)16-9-10-23-12-14-11-13(5-6-15(14)16)19-7-8-20(22)25-24-19/h1-9,11,23H,10,12H2,(H2,22,25). The van der Waals surface area contributed by atoms with Crippen molar-refractivity contribution in [3.05, 3.63) is 83.2 Å². The molecule has 2 aromatic carbocycles. The first-order chi connectivity index (χ1) is 12.2. The van der Waals surface area contributed by atoms with E-state index in [2.05, 4.69) is 21.6 Å². The van der Waals surface area contributed by atoms with Gasteiger partial charge in [-0.25, -0.2) is 4.39 Å². The van der Waals surface area contributed by atoms with Gasteiger partial charge < -0.3 is 11.1 Å². The summed E-state index contributed by atoms with van der Waals surface area (Å²) in [5.74, 6) is 0.181. The lowest BCUT2D eigenvalue weighted by Crippen LogP contribution is -2.11. The van der Waals surface area contributed by atoms with Crippen LogP contribution in [0.15, 0.2) is 60.7 Å². The van der Waals surface area contributed by atoms with Crippen molar-refractivity contribution in [1.29, 1.82) is 0 Å². The molecule has 0 saturated carbocycles. The highest BCUT2D eigenvalue weighted by Crippen LogP contribution is 2.32. The van der Waals surface area contributed by atoms with Crippen LogP contribution >= 0.6 is 0 Å². The maximum Gasteiger partial charge on any atom is 0.146 e. The first kappa shape index (κ1) is 15.5. The smallest absolute Gasteiger partial charge is 0.146 e. The van der Waals surface area contributed by atoms with E-state index in [0.717, 1.165) is 28.0 Å². The van der Waals surface area contributed by atoms with E-state index in [0.29, 0.717) is 24.5 Å². The van der Waals surface area contributed by atoms with Gasteiger partial charge >= 0.3 is 0 Å². The molecule has 0 saturated heterocycles. The Kier molecular flexibility index (Phi) is 3.99. The van der Waals surface area contributed by atoms with Gasteiger partial charge in [-0.3, -0.25) is 0 Å². The number of nitrogen functional groups attached to an aromatic ring is 1. The van der Waals surface area contributed by atoms with Crippen LogP contribution < -0.4 is 11.1 Å². The van der Waals surface area contributed by atoms with E-state index >= 15 is 0 Å². The van der Waals surface area contributed by atoms with Crippen molar-refractivity contribution in [3.63, 3.8) is 0 Å². The van der Waals surface area contributed by atoms with Crippen LogP contribution in [0.3, 0.4) is 0 Å². The number of nitrogens with zero attached hydrogens (tertiary/aromatic N) is 2. The van der Waals surface area contributed by atoms with Gasteiger partial charge in [0.05, 0.1) is 5.69 Å². The van der Waals surface area contributed by atoms with Gasteiger partial charge in [0.25, 0.3) is 0 Å². The Morgan fingerprint density at radius 3 is 2.64 bits per heavy atom. The van der Waals surface area contributed by atoms with Crippen LogP contribution in [0.1, 0.15) is 16.7 Å². The molecule has 25 heavy (non-hydrogen) atoms. The lowest BCUT2D eigenvalue weighted by atomic mass is 9.92. The number of hydrogen-bond donors (Lipinski definition) is 2. The van der Waals surface area contributed by atoms with Crippen LogP contribution in [-0.4, -0.2) is 16.7 Å². The molecule has 3 aromatic rings. The maximum absolute atomic E-state index is 14.3. The fraction of sp³-hybridized carbons (Fsp3) is 0.100. The van der Waals surface area contributed by atoms with E-state index in [1.165, 1.54) is 6.07 Å². The Hall–Kier alpha value is -3.05. The summed E-state index contributed by atoms with van der Waals surface area (Å²) in [4.78, 5) is 0. The third-order valence-corrected chi connectivity index (χ3v) is 4.31. The Bertz CT molecular complexity index is 948. The van der Waals surface area contributed by atoms with Crippen molar-refractivity contribution < 1.29 is 4.39 Å². The molecular weight excluding hydrogens is 315 g/mol. The second-order valence-electron chi connectivity index (χ2n) is 5.94. The van der Waals surface area contributed by atoms with E-state index in [1.54, 1.807) is 12.1 Å². The number of benzene rings is 2.